The van der Waals surface area contributed by atoms with E-state index in [9.17, 15) is 4.79 Å². The fourth-order valence-corrected chi connectivity index (χ4v) is 3.63. The van der Waals surface area contributed by atoms with E-state index in [-0.39, 0.29) is 5.56 Å². The molecule has 4 heteroatoms. The van der Waals surface area contributed by atoms with Gasteiger partial charge in [0.15, 0.2) is 0 Å². The number of nitrogens with two attached hydrogens (primary N) is 1. The molecule has 92 valence electrons. The Kier molecular flexibility index (Phi) is 2.45. The number of H-pyrrole nitrogens is 1. The zero-order valence-corrected chi connectivity index (χ0v) is 10.2. The number of rotatable bonds is 2. The number of aromatic nitrogens is 2. The second-order valence-electron chi connectivity index (χ2n) is 5.45. The van der Waals surface area contributed by atoms with Crippen LogP contribution in [0.4, 0.5) is 5.82 Å². The molecular formula is C13H19N3O. The van der Waals surface area contributed by atoms with Crippen molar-refractivity contribution in [2.24, 2.45) is 11.8 Å². The monoisotopic (exact) mass is 233 g/mol. The number of anilines is 1. The Balaban J connectivity index is 1.97. The molecule has 1 aromatic heterocycles. The molecule has 17 heavy (non-hydrogen) atoms. The average molecular weight is 233 g/mol. The SMILES string of the molecule is CCc1c(N)nc(C2CC3CCC2C3)[nH]c1=O. The summed E-state index contributed by atoms with van der Waals surface area (Å²) in [6.45, 7) is 1.93. The summed E-state index contributed by atoms with van der Waals surface area (Å²) >= 11 is 0. The second kappa shape index (κ2) is 3.86. The molecule has 2 fully saturated rings. The van der Waals surface area contributed by atoms with Crippen LogP contribution in [0.3, 0.4) is 0 Å². The Morgan fingerprint density at radius 2 is 2.24 bits per heavy atom. The van der Waals surface area contributed by atoms with Crippen molar-refractivity contribution in [2.75, 3.05) is 5.73 Å². The number of fused-ring (bicyclic) bond motifs is 2. The molecule has 0 aromatic carbocycles. The molecule has 2 aliphatic rings. The van der Waals surface area contributed by atoms with Gasteiger partial charge in [-0.25, -0.2) is 4.98 Å². The molecular weight excluding hydrogens is 214 g/mol. The molecule has 0 amide bonds. The fraction of sp³-hybridized carbons (Fsp3) is 0.692. The molecule has 3 unspecified atom stereocenters. The summed E-state index contributed by atoms with van der Waals surface area (Å²) in [6.07, 6.45) is 5.77. The quantitative estimate of drug-likeness (QED) is 0.818. The molecule has 2 saturated carbocycles. The van der Waals surface area contributed by atoms with Gasteiger partial charge in [-0.1, -0.05) is 13.3 Å². The lowest BCUT2D eigenvalue weighted by molar-refractivity contribution is 0.404. The van der Waals surface area contributed by atoms with Crippen LogP contribution in [0.25, 0.3) is 0 Å². The molecule has 0 spiro atoms. The number of nitrogens with one attached hydrogen (secondary N) is 1. The predicted octanol–water partition coefficient (Wildman–Crippen LogP) is 1.82. The van der Waals surface area contributed by atoms with E-state index in [1.807, 2.05) is 6.92 Å². The minimum absolute atomic E-state index is 0.0437. The van der Waals surface area contributed by atoms with Crippen molar-refractivity contribution >= 4 is 5.82 Å². The first-order valence-corrected chi connectivity index (χ1v) is 6.57. The van der Waals surface area contributed by atoms with Crippen molar-refractivity contribution in [3.05, 3.63) is 21.7 Å². The molecule has 1 heterocycles. The number of nitrogen functional groups attached to an aromatic ring is 1. The van der Waals surface area contributed by atoms with Crippen LogP contribution in [0.2, 0.25) is 0 Å². The second-order valence-corrected chi connectivity index (χ2v) is 5.45. The van der Waals surface area contributed by atoms with Gasteiger partial charge in [-0.2, -0.15) is 0 Å². The van der Waals surface area contributed by atoms with Crippen LogP contribution in [-0.2, 0) is 6.42 Å². The Hall–Kier alpha value is -1.32. The molecule has 2 aliphatic carbocycles. The molecule has 0 aliphatic heterocycles. The largest absolute Gasteiger partial charge is 0.383 e. The smallest absolute Gasteiger partial charge is 0.256 e. The van der Waals surface area contributed by atoms with Crippen LogP contribution >= 0.6 is 0 Å². The summed E-state index contributed by atoms with van der Waals surface area (Å²) in [5.74, 6) is 3.26. The number of hydrogen-bond donors (Lipinski definition) is 2. The van der Waals surface area contributed by atoms with Gasteiger partial charge in [0.25, 0.3) is 5.56 Å². The van der Waals surface area contributed by atoms with Gasteiger partial charge in [-0.3, -0.25) is 4.79 Å². The van der Waals surface area contributed by atoms with Crippen LogP contribution in [-0.4, -0.2) is 9.97 Å². The van der Waals surface area contributed by atoms with Gasteiger partial charge < -0.3 is 10.7 Å². The van der Waals surface area contributed by atoms with Crippen LogP contribution < -0.4 is 11.3 Å². The molecule has 0 saturated heterocycles. The lowest BCUT2D eigenvalue weighted by Gasteiger charge is -2.21. The highest BCUT2D eigenvalue weighted by Gasteiger charge is 2.41. The van der Waals surface area contributed by atoms with Crippen LogP contribution in [0.15, 0.2) is 4.79 Å². The van der Waals surface area contributed by atoms with Gasteiger partial charge in [0, 0.05) is 5.92 Å². The Morgan fingerprint density at radius 1 is 1.41 bits per heavy atom. The van der Waals surface area contributed by atoms with Gasteiger partial charge >= 0.3 is 0 Å². The van der Waals surface area contributed by atoms with Gasteiger partial charge in [0.05, 0.1) is 5.56 Å². The van der Waals surface area contributed by atoms with Crippen molar-refractivity contribution in [3.63, 3.8) is 0 Å². The Bertz CT molecular complexity index is 494. The number of nitrogens with zero attached hydrogens (tertiary/aromatic N) is 1. The van der Waals surface area contributed by atoms with Gasteiger partial charge in [0.2, 0.25) is 0 Å². The summed E-state index contributed by atoms with van der Waals surface area (Å²) in [5, 5.41) is 0. The summed E-state index contributed by atoms with van der Waals surface area (Å²) < 4.78 is 0. The fourth-order valence-electron chi connectivity index (χ4n) is 3.63. The lowest BCUT2D eigenvalue weighted by Crippen LogP contribution is -2.22. The van der Waals surface area contributed by atoms with E-state index in [2.05, 4.69) is 9.97 Å². The van der Waals surface area contributed by atoms with Crippen molar-refractivity contribution in [1.29, 1.82) is 0 Å². The minimum Gasteiger partial charge on any atom is -0.383 e. The standard InChI is InChI=1S/C13H19N3O/c1-2-9-11(14)15-12(16-13(9)17)10-6-7-3-4-8(10)5-7/h7-8,10H,2-6H2,1H3,(H3,14,15,16,17). The highest BCUT2D eigenvalue weighted by Crippen LogP contribution is 2.51. The number of aromatic amines is 1. The maximum atomic E-state index is 11.9. The summed E-state index contributed by atoms with van der Waals surface area (Å²) in [7, 11) is 0. The normalized spacial score (nSPS) is 31.0. The first-order valence-electron chi connectivity index (χ1n) is 6.57. The first-order chi connectivity index (χ1) is 8.19. The zero-order valence-electron chi connectivity index (χ0n) is 10.2. The molecule has 1 aromatic rings. The molecule has 2 bridgehead atoms. The summed E-state index contributed by atoms with van der Waals surface area (Å²) in [5.41, 5.74) is 6.45. The average Bonchev–Trinajstić information content (AvgIpc) is 2.90. The lowest BCUT2D eigenvalue weighted by atomic mass is 9.88. The van der Waals surface area contributed by atoms with E-state index in [0.29, 0.717) is 23.7 Å². The molecule has 4 nitrogen and oxygen atoms in total. The summed E-state index contributed by atoms with van der Waals surface area (Å²) in [4.78, 5) is 19.3. The van der Waals surface area contributed by atoms with Crippen molar-refractivity contribution in [1.82, 2.24) is 9.97 Å². The Labute approximate surface area is 101 Å². The third-order valence-corrected chi connectivity index (χ3v) is 4.51. The number of hydrogen-bond acceptors (Lipinski definition) is 3. The Morgan fingerprint density at radius 3 is 2.76 bits per heavy atom. The minimum atomic E-state index is -0.0437. The van der Waals surface area contributed by atoms with Gasteiger partial charge in [-0.05, 0) is 37.5 Å². The topological polar surface area (TPSA) is 71.8 Å². The van der Waals surface area contributed by atoms with E-state index < -0.39 is 0 Å². The molecule has 3 N–H and O–H groups in total. The molecule has 3 atom stereocenters. The maximum absolute atomic E-state index is 11.9. The molecule has 0 radical (unpaired) electrons. The maximum Gasteiger partial charge on any atom is 0.256 e. The molecule has 3 rings (SSSR count). The van der Waals surface area contributed by atoms with Crippen molar-refractivity contribution in [2.45, 2.75) is 44.9 Å². The van der Waals surface area contributed by atoms with Crippen molar-refractivity contribution < 1.29 is 0 Å². The third kappa shape index (κ3) is 1.66. The van der Waals surface area contributed by atoms with E-state index in [0.717, 1.165) is 17.7 Å². The highest BCUT2D eigenvalue weighted by atomic mass is 16.1. The van der Waals surface area contributed by atoms with E-state index >= 15 is 0 Å². The van der Waals surface area contributed by atoms with E-state index in [4.69, 9.17) is 5.73 Å². The summed E-state index contributed by atoms with van der Waals surface area (Å²) in [6, 6.07) is 0. The van der Waals surface area contributed by atoms with Gasteiger partial charge in [0.1, 0.15) is 11.6 Å². The van der Waals surface area contributed by atoms with Crippen LogP contribution in [0.5, 0.6) is 0 Å². The zero-order chi connectivity index (χ0) is 12.0. The van der Waals surface area contributed by atoms with Gasteiger partial charge in [-0.15, -0.1) is 0 Å². The van der Waals surface area contributed by atoms with E-state index in [1.54, 1.807) is 0 Å². The third-order valence-electron chi connectivity index (χ3n) is 4.51. The predicted molar refractivity (Wildman–Crippen MR) is 66.8 cm³/mol. The van der Waals surface area contributed by atoms with E-state index in [1.165, 1.54) is 25.7 Å². The highest BCUT2D eigenvalue weighted by molar-refractivity contribution is 5.38. The van der Waals surface area contributed by atoms with Crippen LogP contribution in [0, 0.1) is 11.8 Å². The van der Waals surface area contributed by atoms with Crippen LogP contribution in [0.1, 0.15) is 49.9 Å². The first kappa shape index (κ1) is 10.8. The van der Waals surface area contributed by atoms with Crippen molar-refractivity contribution in [3.8, 4) is 0 Å².